The average Bonchev–Trinajstić information content (AvgIpc) is 2.14. The minimum Gasteiger partial charge on any atom is -0.258 e. The molecule has 9 nitrogen and oxygen atoms in total. The van der Waals surface area contributed by atoms with Gasteiger partial charge in [-0.2, -0.15) is 0 Å². The summed E-state index contributed by atoms with van der Waals surface area (Å²) in [5.74, 6) is 0. The molecule has 94 valence electrons. The molecule has 0 aliphatic carbocycles. The molecule has 1 aromatic rings. The summed E-state index contributed by atoms with van der Waals surface area (Å²) in [6.45, 7) is 0. The summed E-state index contributed by atoms with van der Waals surface area (Å²) in [6, 6.07) is 1.94. The summed E-state index contributed by atoms with van der Waals surface area (Å²) in [7, 11) is -8.53. The minimum atomic E-state index is -4.27. The highest BCUT2D eigenvalue weighted by molar-refractivity contribution is 7.90. The molecular formula is C6H7N3O6S2. The van der Waals surface area contributed by atoms with Gasteiger partial charge in [-0.1, -0.05) is 0 Å². The van der Waals surface area contributed by atoms with Crippen molar-refractivity contribution in [3.63, 3.8) is 0 Å². The molecule has 4 N–H and O–H groups in total. The standard InChI is InChI=1S/C6H7N3O6S2/c7-16(12,13)5-1-4(9(10)11)2-6(3-5)17(8,14)15/h1-3H,(H2,7,12,13)(H2,8,14,15). The molecule has 0 heterocycles. The molecule has 1 aromatic carbocycles. The van der Waals surface area contributed by atoms with E-state index < -0.39 is 40.4 Å². The van der Waals surface area contributed by atoms with Crippen molar-refractivity contribution in [3.8, 4) is 0 Å². The van der Waals surface area contributed by atoms with Crippen LogP contribution in [0.5, 0.6) is 0 Å². The zero-order valence-electron chi connectivity index (χ0n) is 8.10. The SMILES string of the molecule is NS(=O)(=O)c1cc([N+](=O)[O-])cc(S(N)(=O)=O)c1. The van der Waals surface area contributed by atoms with E-state index in [0.717, 1.165) is 0 Å². The van der Waals surface area contributed by atoms with E-state index in [2.05, 4.69) is 0 Å². The van der Waals surface area contributed by atoms with E-state index in [1.807, 2.05) is 0 Å². The van der Waals surface area contributed by atoms with Crippen LogP contribution >= 0.6 is 0 Å². The first-order valence-corrected chi connectivity index (χ1v) is 6.96. The second-order valence-corrected chi connectivity index (χ2v) is 6.13. The Morgan fingerprint density at radius 2 is 1.29 bits per heavy atom. The van der Waals surface area contributed by atoms with Gasteiger partial charge < -0.3 is 0 Å². The topological polar surface area (TPSA) is 163 Å². The smallest absolute Gasteiger partial charge is 0.258 e. The third kappa shape index (κ3) is 3.20. The number of primary sulfonamides is 2. The Labute approximate surface area is 96.3 Å². The number of sulfonamides is 2. The van der Waals surface area contributed by atoms with Gasteiger partial charge in [0, 0.05) is 12.1 Å². The molecule has 0 atom stereocenters. The van der Waals surface area contributed by atoms with Crippen molar-refractivity contribution in [3.05, 3.63) is 28.3 Å². The summed E-state index contributed by atoms with van der Waals surface area (Å²) >= 11 is 0. The zero-order chi connectivity index (χ0) is 13.4. The highest BCUT2D eigenvalue weighted by Gasteiger charge is 2.20. The molecule has 17 heavy (non-hydrogen) atoms. The molecule has 0 unspecified atom stereocenters. The molecule has 0 aliphatic rings. The number of benzene rings is 1. The van der Waals surface area contributed by atoms with Gasteiger partial charge >= 0.3 is 0 Å². The quantitative estimate of drug-likeness (QED) is 0.526. The van der Waals surface area contributed by atoms with Gasteiger partial charge in [-0.05, 0) is 6.07 Å². The lowest BCUT2D eigenvalue weighted by Crippen LogP contribution is -2.16. The largest absolute Gasteiger partial charge is 0.272 e. The Kier molecular flexibility index (Phi) is 3.20. The predicted molar refractivity (Wildman–Crippen MR) is 55.8 cm³/mol. The van der Waals surface area contributed by atoms with Crippen LogP contribution in [0.4, 0.5) is 5.69 Å². The zero-order valence-corrected chi connectivity index (χ0v) is 9.73. The first-order chi connectivity index (χ1) is 7.51. The van der Waals surface area contributed by atoms with Crippen LogP contribution < -0.4 is 10.3 Å². The van der Waals surface area contributed by atoms with E-state index >= 15 is 0 Å². The van der Waals surface area contributed by atoms with E-state index in [0.29, 0.717) is 18.2 Å². The Morgan fingerprint density at radius 3 is 1.53 bits per heavy atom. The third-order valence-corrected chi connectivity index (χ3v) is 3.52. The molecule has 1 rings (SSSR count). The van der Waals surface area contributed by atoms with Gasteiger partial charge in [-0.15, -0.1) is 0 Å². The van der Waals surface area contributed by atoms with Gasteiger partial charge in [0.05, 0.1) is 14.7 Å². The van der Waals surface area contributed by atoms with E-state index in [9.17, 15) is 26.9 Å². The normalized spacial score (nSPS) is 12.4. The number of hydrogen-bond donors (Lipinski definition) is 2. The molecule has 0 aromatic heterocycles. The van der Waals surface area contributed by atoms with Crippen LogP contribution in [0.1, 0.15) is 0 Å². The second kappa shape index (κ2) is 4.03. The maximum Gasteiger partial charge on any atom is 0.272 e. The van der Waals surface area contributed by atoms with E-state index in [1.54, 1.807) is 0 Å². The molecule has 11 heteroatoms. The van der Waals surface area contributed by atoms with Crippen molar-refractivity contribution < 1.29 is 21.8 Å². The van der Waals surface area contributed by atoms with E-state index in [4.69, 9.17) is 10.3 Å². The molecule has 0 saturated carbocycles. The molecule has 0 saturated heterocycles. The fourth-order valence-electron chi connectivity index (χ4n) is 0.991. The lowest BCUT2D eigenvalue weighted by atomic mass is 10.3. The number of nitrogens with zero attached hydrogens (tertiary/aromatic N) is 1. The molecule has 0 bridgehead atoms. The molecule has 0 aliphatic heterocycles. The molecular weight excluding hydrogens is 274 g/mol. The van der Waals surface area contributed by atoms with Crippen LogP contribution in [0.2, 0.25) is 0 Å². The van der Waals surface area contributed by atoms with Gasteiger partial charge in [0.2, 0.25) is 20.0 Å². The molecule has 0 fully saturated rings. The number of nitro benzene ring substituents is 1. The monoisotopic (exact) mass is 281 g/mol. The third-order valence-electron chi connectivity index (χ3n) is 1.73. The summed E-state index contributed by atoms with van der Waals surface area (Å²) in [5.41, 5.74) is -0.736. The Morgan fingerprint density at radius 1 is 0.941 bits per heavy atom. The highest BCUT2D eigenvalue weighted by atomic mass is 32.2. The van der Waals surface area contributed by atoms with Gasteiger partial charge in [0.25, 0.3) is 5.69 Å². The van der Waals surface area contributed by atoms with Crippen molar-refractivity contribution in [2.45, 2.75) is 9.79 Å². The fraction of sp³-hybridized carbons (Fsp3) is 0. The number of nitrogens with two attached hydrogens (primary N) is 2. The first-order valence-electron chi connectivity index (χ1n) is 3.87. The molecule has 0 amide bonds. The molecule has 0 spiro atoms. The summed E-state index contributed by atoms with van der Waals surface area (Å²) in [5, 5.41) is 20.0. The van der Waals surface area contributed by atoms with Crippen LogP contribution in [0.25, 0.3) is 0 Å². The van der Waals surface area contributed by atoms with Crippen molar-refractivity contribution in [1.29, 1.82) is 0 Å². The van der Waals surface area contributed by atoms with Gasteiger partial charge in [0.1, 0.15) is 0 Å². The van der Waals surface area contributed by atoms with Crippen molar-refractivity contribution in [2.24, 2.45) is 10.3 Å². The Bertz CT molecular complexity index is 627. The summed E-state index contributed by atoms with van der Waals surface area (Å²) < 4.78 is 44.0. The van der Waals surface area contributed by atoms with Crippen LogP contribution in [0, 0.1) is 10.1 Å². The lowest BCUT2D eigenvalue weighted by molar-refractivity contribution is -0.385. The number of hydrogen-bond acceptors (Lipinski definition) is 6. The first kappa shape index (κ1) is 13.5. The maximum absolute atomic E-state index is 11.0. The fourth-order valence-corrected chi connectivity index (χ4v) is 2.22. The van der Waals surface area contributed by atoms with Crippen LogP contribution in [0.15, 0.2) is 28.0 Å². The van der Waals surface area contributed by atoms with Crippen LogP contribution in [-0.2, 0) is 20.0 Å². The highest BCUT2D eigenvalue weighted by Crippen LogP contribution is 2.22. The maximum atomic E-state index is 11.0. The van der Waals surface area contributed by atoms with Crippen molar-refractivity contribution in [2.75, 3.05) is 0 Å². The van der Waals surface area contributed by atoms with Crippen molar-refractivity contribution >= 4 is 25.7 Å². The second-order valence-electron chi connectivity index (χ2n) is 3.01. The minimum absolute atomic E-state index is 0.643. The number of non-ortho nitro benzene ring substituents is 1. The van der Waals surface area contributed by atoms with E-state index in [1.165, 1.54) is 0 Å². The van der Waals surface area contributed by atoms with Crippen molar-refractivity contribution in [1.82, 2.24) is 0 Å². The van der Waals surface area contributed by atoms with Gasteiger partial charge in [-0.3, -0.25) is 10.1 Å². The van der Waals surface area contributed by atoms with E-state index in [-0.39, 0.29) is 0 Å². The Hall–Kier alpha value is -1.56. The average molecular weight is 281 g/mol. The number of nitro groups is 1. The van der Waals surface area contributed by atoms with Gasteiger partial charge in [-0.25, -0.2) is 27.1 Å². The Balaban J connectivity index is 3.68. The number of rotatable bonds is 3. The van der Waals surface area contributed by atoms with Gasteiger partial charge in [0.15, 0.2) is 0 Å². The summed E-state index contributed by atoms with van der Waals surface area (Å²) in [6.07, 6.45) is 0. The predicted octanol–water partition coefficient (Wildman–Crippen LogP) is -1.11. The van der Waals surface area contributed by atoms with Crippen LogP contribution in [-0.4, -0.2) is 21.8 Å². The lowest BCUT2D eigenvalue weighted by Gasteiger charge is -2.02. The summed E-state index contributed by atoms with van der Waals surface area (Å²) in [4.78, 5) is 8.14. The van der Waals surface area contributed by atoms with Crippen LogP contribution in [0.3, 0.4) is 0 Å². The molecule has 0 radical (unpaired) electrons.